The van der Waals surface area contributed by atoms with Crippen molar-refractivity contribution in [2.24, 2.45) is 10.9 Å². The van der Waals surface area contributed by atoms with E-state index in [0.717, 1.165) is 67.8 Å². The van der Waals surface area contributed by atoms with Crippen LogP contribution in [0.5, 0.6) is 0 Å². The third-order valence-electron chi connectivity index (χ3n) is 4.57. The zero-order valence-electron chi connectivity index (χ0n) is 18.0. The van der Waals surface area contributed by atoms with E-state index in [0.29, 0.717) is 5.92 Å². The largest absolute Gasteiger partial charge is 0.357 e. The molecule has 2 heterocycles. The van der Waals surface area contributed by atoms with Crippen molar-refractivity contribution in [3.05, 3.63) is 5.82 Å². The molecule has 0 radical (unpaired) electrons. The van der Waals surface area contributed by atoms with Crippen molar-refractivity contribution in [1.82, 2.24) is 25.0 Å². The SMILES string of the molecule is CCNC(=NCCCc1nnc(SC)n1CC(C)C)N1CCSC(CC)C1.I. The minimum Gasteiger partial charge on any atom is -0.357 e. The maximum Gasteiger partial charge on any atom is 0.193 e. The molecule has 1 unspecified atom stereocenters. The van der Waals surface area contributed by atoms with Crippen molar-refractivity contribution in [3.8, 4) is 0 Å². The highest BCUT2D eigenvalue weighted by molar-refractivity contribution is 14.0. The first kappa shape index (κ1) is 25.9. The number of rotatable bonds is 9. The third kappa shape index (κ3) is 7.93. The molecule has 0 saturated carbocycles. The number of hydrogen-bond acceptors (Lipinski definition) is 5. The van der Waals surface area contributed by atoms with Crippen molar-refractivity contribution >= 4 is 53.5 Å². The summed E-state index contributed by atoms with van der Waals surface area (Å²) < 4.78 is 2.28. The highest BCUT2D eigenvalue weighted by Gasteiger charge is 2.21. The van der Waals surface area contributed by atoms with Crippen LogP contribution in [0.25, 0.3) is 0 Å². The number of hydrogen-bond donors (Lipinski definition) is 1. The molecule has 28 heavy (non-hydrogen) atoms. The molecule has 6 nitrogen and oxygen atoms in total. The van der Waals surface area contributed by atoms with E-state index in [9.17, 15) is 0 Å². The second-order valence-electron chi connectivity index (χ2n) is 7.29. The van der Waals surface area contributed by atoms with Gasteiger partial charge in [-0.2, -0.15) is 11.8 Å². The van der Waals surface area contributed by atoms with Gasteiger partial charge in [-0.3, -0.25) is 4.99 Å². The van der Waals surface area contributed by atoms with Crippen molar-refractivity contribution < 1.29 is 0 Å². The summed E-state index contributed by atoms with van der Waals surface area (Å²) in [5.74, 6) is 3.95. The lowest BCUT2D eigenvalue weighted by Gasteiger charge is -2.34. The summed E-state index contributed by atoms with van der Waals surface area (Å²) in [5.41, 5.74) is 0. The van der Waals surface area contributed by atoms with Crippen LogP contribution in [-0.4, -0.2) is 69.1 Å². The number of aliphatic imine (C=N–C) groups is 1. The molecule has 1 aliphatic heterocycles. The van der Waals surface area contributed by atoms with Gasteiger partial charge >= 0.3 is 0 Å². The zero-order valence-corrected chi connectivity index (χ0v) is 21.9. The summed E-state index contributed by atoms with van der Waals surface area (Å²) in [6.45, 7) is 13.8. The van der Waals surface area contributed by atoms with Gasteiger partial charge in [-0.25, -0.2) is 0 Å². The normalized spacial score (nSPS) is 17.7. The van der Waals surface area contributed by atoms with Crippen LogP contribution < -0.4 is 5.32 Å². The fourth-order valence-electron chi connectivity index (χ4n) is 3.21. The van der Waals surface area contributed by atoms with Crippen LogP contribution in [0.2, 0.25) is 0 Å². The molecular weight excluding hydrogens is 503 g/mol. The molecule has 0 amide bonds. The number of nitrogens with zero attached hydrogens (tertiary/aromatic N) is 5. The second kappa shape index (κ2) is 14.0. The third-order valence-corrected chi connectivity index (χ3v) is 6.61. The number of nitrogens with one attached hydrogen (secondary N) is 1. The molecule has 0 aliphatic carbocycles. The highest BCUT2D eigenvalue weighted by atomic mass is 127. The van der Waals surface area contributed by atoms with Gasteiger partial charge in [0.2, 0.25) is 0 Å². The van der Waals surface area contributed by atoms with E-state index in [1.165, 1.54) is 12.2 Å². The quantitative estimate of drug-likeness (QED) is 0.168. The Morgan fingerprint density at radius 2 is 2.14 bits per heavy atom. The molecule has 1 atom stereocenters. The van der Waals surface area contributed by atoms with Crippen LogP contribution in [0.15, 0.2) is 10.1 Å². The Morgan fingerprint density at radius 3 is 2.79 bits per heavy atom. The summed E-state index contributed by atoms with van der Waals surface area (Å²) in [5, 5.41) is 14.0. The number of guanidine groups is 1. The highest BCUT2D eigenvalue weighted by Crippen LogP contribution is 2.21. The van der Waals surface area contributed by atoms with E-state index >= 15 is 0 Å². The smallest absolute Gasteiger partial charge is 0.193 e. The number of halogens is 1. The molecule has 1 N–H and O–H groups in total. The maximum atomic E-state index is 4.90. The maximum absolute atomic E-state index is 4.90. The second-order valence-corrected chi connectivity index (χ2v) is 9.48. The van der Waals surface area contributed by atoms with Crippen molar-refractivity contribution in [2.75, 3.05) is 38.2 Å². The number of aryl methyl sites for hydroxylation is 1. The van der Waals surface area contributed by atoms with Gasteiger partial charge in [-0.05, 0) is 31.9 Å². The molecule has 9 heteroatoms. The molecule has 1 aromatic heterocycles. The van der Waals surface area contributed by atoms with Crippen LogP contribution in [0.4, 0.5) is 0 Å². The van der Waals surface area contributed by atoms with Crippen molar-refractivity contribution in [2.45, 2.75) is 63.9 Å². The van der Waals surface area contributed by atoms with Crippen molar-refractivity contribution in [3.63, 3.8) is 0 Å². The molecule has 162 valence electrons. The van der Waals surface area contributed by atoms with Crippen LogP contribution in [-0.2, 0) is 13.0 Å². The topological polar surface area (TPSA) is 58.3 Å². The van der Waals surface area contributed by atoms with E-state index in [2.05, 4.69) is 70.7 Å². The van der Waals surface area contributed by atoms with Gasteiger partial charge in [0, 0.05) is 50.1 Å². The van der Waals surface area contributed by atoms with Crippen LogP contribution in [0, 0.1) is 5.92 Å². The summed E-state index contributed by atoms with van der Waals surface area (Å²) in [7, 11) is 0. The summed E-state index contributed by atoms with van der Waals surface area (Å²) in [6, 6.07) is 0. The lowest BCUT2D eigenvalue weighted by Crippen LogP contribution is -2.48. The van der Waals surface area contributed by atoms with E-state index in [1.54, 1.807) is 11.8 Å². The molecule has 2 rings (SSSR count). The van der Waals surface area contributed by atoms with Gasteiger partial charge in [0.05, 0.1) is 0 Å². The van der Waals surface area contributed by atoms with E-state index < -0.39 is 0 Å². The molecule has 0 spiro atoms. The molecule has 1 saturated heterocycles. The van der Waals surface area contributed by atoms with E-state index in [1.807, 2.05) is 0 Å². The van der Waals surface area contributed by atoms with Gasteiger partial charge in [-0.1, -0.05) is 32.5 Å². The minimum atomic E-state index is 0. The summed E-state index contributed by atoms with van der Waals surface area (Å²) in [6.07, 6.45) is 5.22. The van der Waals surface area contributed by atoms with Gasteiger partial charge < -0.3 is 14.8 Å². The predicted octanol–water partition coefficient (Wildman–Crippen LogP) is 4.00. The Labute approximate surface area is 196 Å². The van der Waals surface area contributed by atoms with Crippen LogP contribution in [0.3, 0.4) is 0 Å². The summed E-state index contributed by atoms with van der Waals surface area (Å²) in [4.78, 5) is 7.33. The summed E-state index contributed by atoms with van der Waals surface area (Å²) >= 11 is 3.77. The van der Waals surface area contributed by atoms with Crippen LogP contribution in [0.1, 0.15) is 46.4 Å². The van der Waals surface area contributed by atoms with Gasteiger partial charge in [0.1, 0.15) is 5.82 Å². The molecule has 1 aliphatic rings. The molecule has 1 aromatic rings. The Morgan fingerprint density at radius 1 is 1.36 bits per heavy atom. The van der Waals surface area contributed by atoms with E-state index in [-0.39, 0.29) is 24.0 Å². The molecule has 1 fully saturated rings. The Balaban J connectivity index is 0.00000392. The molecular formula is C19H37IN6S2. The first-order valence-electron chi connectivity index (χ1n) is 10.2. The molecule has 0 aromatic carbocycles. The number of aromatic nitrogens is 3. The Hall–Kier alpha value is -0.160. The first-order valence-corrected chi connectivity index (χ1v) is 12.5. The molecule has 0 bridgehead atoms. The monoisotopic (exact) mass is 540 g/mol. The Kier molecular flexibility index (Phi) is 12.9. The number of thioether (sulfide) groups is 2. The minimum absolute atomic E-state index is 0. The standard InChI is InChI=1S/C19H36N6S2.HI/c1-6-16-14-24(11-12-27-16)18(20-7-2)21-10-8-9-17-22-23-19(26-5)25(17)13-15(3)4;/h15-16H,6-14H2,1-5H3,(H,20,21);1H. The zero-order chi connectivity index (χ0) is 19.6. The average Bonchev–Trinajstić information content (AvgIpc) is 3.05. The average molecular weight is 541 g/mol. The fraction of sp³-hybridized carbons (Fsp3) is 0.842. The predicted molar refractivity (Wildman–Crippen MR) is 134 cm³/mol. The lowest BCUT2D eigenvalue weighted by molar-refractivity contribution is 0.408. The van der Waals surface area contributed by atoms with Crippen molar-refractivity contribution in [1.29, 1.82) is 0 Å². The van der Waals surface area contributed by atoms with Gasteiger partial charge in [-0.15, -0.1) is 34.2 Å². The lowest BCUT2D eigenvalue weighted by atomic mass is 10.2. The first-order chi connectivity index (χ1) is 13.1. The van der Waals surface area contributed by atoms with Gasteiger partial charge in [0.15, 0.2) is 11.1 Å². The van der Waals surface area contributed by atoms with Crippen LogP contribution >= 0.6 is 47.5 Å². The fourth-order valence-corrected chi connectivity index (χ4v) is 4.91. The van der Waals surface area contributed by atoms with E-state index in [4.69, 9.17) is 4.99 Å². The Bertz CT molecular complexity index is 593. The van der Waals surface area contributed by atoms with Gasteiger partial charge in [0.25, 0.3) is 0 Å².